The van der Waals surface area contributed by atoms with Gasteiger partial charge >= 0.3 is 0 Å². The monoisotopic (exact) mass is 199 g/mol. The Morgan fingerprint density at radius 1 is 1.64 bits per heavy atom. The number of carbonyl (C=O) groups excluding carboxylic acids is 1. The standard InChI is InChI=1S/C10H21N3O/c1-8-5-3-4-6-13(8)7-9(12-2)10(11)14/h8-9,12H,3-7H2,1-2H3,(H2,11,14). The van der Waals surface area contributed by atoms with Crippen molar-refractivity contribution >= 4 is 5.91 Å². The first kappa shape index (κ1) is 11.5. The molecule has 0 bridgehead atoms. The van der Waals surface area contributed by atoms with Gasteiger partial charge in [-0.25, -0.2) is 0 Å². The van der Waals surface area contributed by atoms with E-state index in [0.717, 1.165) is 13.1 Å². The van der Waals surface area contributed by atoms with Gasteiger partial charge < -0.3 is 11.1 Å². The third-order valence-corrected chi connectivity index (χ3v) is 3.05. The lowest BCUT2D eigenvalue weighted by Gasteiger charge is -2.35. The Morgan fingerprint density at radius 3 is 2.86 bits per heavy atom. The molecule has 0 aliphatic carbocycles. The summed E-state index contributed by atoms with van der Waals surface area (Å²) in [4.78, 5) is 13.4. The van der Waals surface area contributed by atoms with Gasteiger partial charge in [-0.1, -0.05) is 6.42 Å². The van der Waals surface area contributed by atoms with Gasteiger partial charge in [-0.15, -0.1) is 0 Å². The molecule has 1 saturated heterocycles. The van der Waals surface area contributed by atoms with Gasteiger partial charge in [0.1, 0.15) is 0 Å². The molecule has 4 nitrogen and oxygen atoms in total. The fourth-order valence-corrected chi connectivity index (χ4v) is 1.99. The minimum atomic E-state index is -0.259. The summed E-state index contributed by atoms with van der Waals surface area (Å²) in [5.41, 5.74) is 5.28. The van der Waals surface area contributed by atoms with Crippen LogP contribution in [-0.2, 0) is 4.79 Å². The summed E-state index contributed by atoms with van der Waals surface area (Å²) in [6.45, 7) is 4.05. The van der Waals surface area contributed by atoms with Crippen molar-refractivity contribution in [3.8, 4) is 0 Å². The van der Waals surface area contributed by atoms with Crippen molar-refractivity contribution in [3.63, 3.8) is 0 Å². The maximum Gasteiger partial charge on any atom is 0.235 e. The van der Waals surface area contributed by atoms with Crippen LogP contribution in [0.4, 0.5) is 0 Å². The zero-order valence-corrected chi connectivity index (χ0v) is 9.12. The number of likely N-dealkylation sites (tertiary alicyclic amines) is 1. The lowest BCUT2D eigenvalue weighted by molar-refractivity contribution is -0.120. The fraction of sp³-hybridized carbons (Fsp3) is 0.900. The number of hydrogen-bond acceptors (Lipinski definition) is 3. The van der Waals surface area contributed by atoms with Crippen LogP contribution in [-0.4, -0.2) is 43.0 Å². The van der Waals surface area contributed by atoms with E-state index in [1.54, 1.807) is 7.05 Å². The molecule has 1 heterocycles. The van der Waals surface area contributed by atoms with E-state index in [1.807, 2.05) is 0 Å². The highest BCUT2D eigenvalue weighted by molar-refractivity contribution is 5.80. The summed E-state index contributed by atoms with van der Waals surface area (Å²) in [7, 11) is 1.78. The second kappa shape index (κ2) is 5.32. The Kier molecular flexibility index (Phi) is 4.35. The van der Waals surface area contributed by atoms with E-state index in [9.17, 15) is 4.79 Å². The first-order valence-electron chi connectivity index (χ1n) is 5.35. The molecule has 1 rings (SSSR count). The lowest BCUT2D eigenvalue weighted by Crippen LogP contribution is -2.51. The van der Waals surface area contributed by atoms with Gasteiger partial charge in [0.05, 0.1) is 6.04 Å². The summed E-state index contributed by atoms with van der Waals surface area (Å²) < 4.78 is 0. The highest BCUT2D eigenvalue weighted by atomic mass is 16.1. The average molecular weight is 199 g/mol. The maximum absolute atomic E-state index is 11.0. The van der Waals surface area contributed by atoms with Gasteiger partial charge in [0, 0.05) is 12.6 Å². The minimum absolute atomic E-state index is 0.212. The predicted octanol–water partition coefficient (Wildman–Crippen LogP) is -0.0659. The number of amides is 1. The first-order chi connectivity index (χ1) is 6.65. The Bertz CT molecular complexity index is 196. The number of piperidine rings is 1. The van der Waals surface area contributed by atoms with Gasteiger partial charge in [0.25, 0.3) is 0 Å². The van der Waals surface area contributed by atoms with Crippen LogP contribution in [0.15, 0.2) is 0 Å². The van der Waals surface area contributed by atoms with Crippen LogP contribution in [0.5, 0.6) is 0 Å². The molecular formula is C10H21N3O. The van der Waals surface area contributed by atoms with Crippen LogP contribution in [0.3, 0.4) is 0 Å². The number of rotatable bonds is 4. The molecule has 0 aromatic heterocycles. The Morgan fingerprint density at radius 2 is 2.36 bits per heavy atom. The van der Waals surface area contributed by atoms with Gasteiger partial charge in [-0.05, 0) is 33.4 Å². The molecule has 1 amide bonds. The normalized spacial score (nSPS) is 26.0. The summed E-state index contributed by atoms with van der Waals surface area (Å²) in [6.07, 6.45) is 3.77. The second-order valence-electron chi connectivity index (χ2n) is 4.08. The van der Waals surface area contributed by atoms with Crippen LogP contribution < -0.4 is 11.1 Å². The van der Waals surface area contributed by atoms with E-state index < -0.39 is 0 Å². The molecule has 2 atom stereocenters. The van der Waals surface area contributed by atoms with Crippen LogP contribution in [0.2, 0.25) is 0 Å². The summed E-state index contributed by atoms with van der Waals surface area (Å²) in [5, 5.41) is 2.95. The van der Waals surface area contributed by atoms with Crippen LogP contribution >= 0.6 is 0 Å². The molecular weight excluding hydrogens is 178 g/mol. The Labute approximate surface area is 85.8 Å². The average Bonchev–Trinajstić information content (AvgIpc) is 2.16. The van der Waals surface area contributed by atoms with E-state index >= 15 is 0 Å². The largest absolute Gasteiger partial charge is 0.368 e. The zero-order valence-electron chi connectivity index (χ0n) is 9.12. The molecule has 2 unspecified atom stereocenters. The number of nitrogens with one attached hydrogen (secondary N) is 1. The Hall–Kier alpha value is -0.610. The van der Waals surface area contributed by atoms with Gasteiger partial charge in [-0.3, -0.25) is 9.69 Å². The van der Waals surface area contributed by atoms with Gasteiger partial charge in [0.15, 0.2) is 0 Å². The lowest BCUT2D eigenvalue weighted by atomic mass is 10.0. The Balaban J connectivity index is 2.43. The first-order valence-corrected chi connectivity index (χ1v) is 5.35. The molecule has 0 aromatic carbocycles. The quantitative estimate of drug-likeness (QED) is 0.666. The molecule has 1 fully saturated rings. The summed E-state index contributed by atoms with van der Waals surface area (Å²) in [6, 6.07) is 0.370. The van der Waals surface area contributed by atoms with E-state index in [0.29, 0.717) is 6.04 Å². The number of carbonyl (C=O) groups is 1. The molecule has 0 radical (unpaired) electrons. The molecule has 0 saturated carbocycles. The molecule has 1 aliphatic heterocycles. The highest BCUT2D eigenvalue weighted by Crippen LogP contribution is 2.16. The third-order valence-electron chi connectivity index (χ3n) is 3.05. The SMILES string of the molecule is CNC(CN1CCCCC1C)C(N)=O. The van der Waals surface area contributed by atoms with Crippen molar-refractivity contribution in [2.45, 2.75) is 38.3 Å². The highest BCUT2D eigenvalue weighted by Gasteiger charge is 2.23. The molecule has 1 aliphatic rings. The van der Waals surface area contributed by atoms with Gasteiger partial charge in [0.2, 0.25) is 5.91 Å². The van der Waals surface area contributed by atoms with Crippen molar-refractivity contribution in [1.29, 1.82) is 0 Å². The molecule has 4 heteroatoms. The molecule has 82 valence electrons. The number of likely N-dealkylation sites (N-methyl/N-ethyl adjacent to an activating group) is 1. The third kappa shape index (κ3) is 2.96. The number of hydrogen-bond donors (Lipinski definition) is 2. The second-order valence-corrected chi connectivity index (χ2v) is 4.08. The molecule has 0 spiro atoms. The van der Waals surface area contributed by atoms with Crippen molar-refractivity contribution in [2.24, 2.45) is 5.73 Å². The van der Waals surface area contributed by atoms with E-state index in [1.165, 1.54) is 19.3 Å². The maximum atomic E-state index is 11.0. The van der Waals surface area contributed by atoms with Crippen molar-refractivity contribution in [2.75, 3.05) is 20.1 Å². The van der Waals surface area contributed by atoms with Gasteiger partial charge in [-0.2, -0.15) is 0 Å². The smallest absolute Gasteiger partial charge is 0.235 e. The topological polar surface area (TPSA) is 58.4 Å². The summed E-state index contributed by atoms with van der Waals surface area (Å²) in [5.74, 6) is -0.259. The summed E-state index contributed by atoms with van der Waals surface area (Å²) >= 11 is 0. The zero-order chi connectivity index (χ0) is 10.6. The van der Waals surface area contributed by atoms with Crippen molar-refractivity contribution < 1.29 is 4.79 Å². The number of nitrogens with two attached hydrogens (primary N) is 1. The molecule has 0 aromatic rings. The van der Waals surface area contributed by atoms with Crippen LogP contribution in [0.1, 0.15) is 26.2 Å². The van der Waals surface area contributed by atoms with E-state index in [2.05, 4.69) is 17.1 Å². The molecule has 14 heavy (non-hydrogen) atoms. The van der Waals surface area contributed by atoms with E-state index in [-0.39, 0.29) is 11.9 Å². The van der Waals surface area contributed by atoms with E-state index in [4.69, 9.17) is 5.73 Å². The number of nitrogens with zero attached hydrogens (tertiary/aromatic N) is 1. The minimum Gasteiger partial charge on any atom is -0.368 e. The molecule has 3 N–H and O–H groups in total. The van der Waals surface area contributed by atoms with Crippen LogP contribution in [0.25, 0.3) is 0 Å². The number of primary amides is 1. The van der Waals surface area contributed by atoms with Crippen molar-refractivity contribution in [1.82, 2.24) is 10.2 Å². The van der Waals surface area contributed by atoms with Crippen molar-refractivity contribution in [3.05, 3.63) is 0 Å². The fourth-order valence-electron chi connectivity index (χ4n) is 1.99. The van der Waals surface area contributed by atoms with Crippen LogP contribution in [0, 0.1) is 0 Å². The predicted molar refractivity (Wildman–Crippen MR) is 56.9 cm³/mol.